The van der Waals surface area contributed by atoms with Gasteiger partial charge in [0.15, 0.2) is 0 Å². The SMILES string of the molecule is O=C(CCCN1CCOCC1)N1N=C(c2cc(F)ccc2F)SC12CCOc1ccccc12. The summed E-state index contributed by atoms with van der Waals surface area (Å²) in [6.07, 6.45) is 1.49. The summed E-state index contributed by atoms with van der Waals surface area (Å²) in [7, 11) is 0. The second-order valence-electron chi connectivity index (χ2n) is 8.27. The maximum atomic E-state index is 14.6. The van der Waals surface area contributed by atoms with Gasteiger partial charge in [0.1, 0.15) is 27.3 Å². The monoisotopic (exact) mass is 473 g/mol. The van der Waals surface area contributed by atoms with Crippen LogP contribution < -0.4 is 4.74 Å². The van der Waals surface area contributed by atoms with Gasteiger partial charge < -0.3 is 9.47 Å². The Morgan fingerprint density at radius 2 is 1.94 bits per heavy atom. The van der Waals surface area contributed by atoms with Crippen LogP contribution in [0.4, 0.5) is 8.78 Å². The highest BCUT2D eigenvalue weighted by Gasteiger charge is 2.51. The minimum Gasteiger partial charge on any atom is -0.493 e. The van der Waals surface area contributed by atoms with Crippen LogP contribution in [-0.2, 0) is 14.4 Å². The molecule has 33 heavy (non-hydrogen) atoms. The Morgan fingerprint density at radius 1 is 1.12 bits per heavy atom. The van der Waals surface area contributed by atoms with Gasteiger partial charge in [0.25, 0.3) is 0 Å². The van der Waals surface area contributed by atoms with Crippen molar-refractivity contribution in [2.45, 2.75) is 24.1 Å². The fourth-order valence-corrected chi connectivity index (χ4v) is 5.88. The molecular weight excluding hydrogens is 448 g/mol. The quantitative estimate of drug-likeness (QED) is 0.658. The molecule has 1 atom stereocenters. The number of thioether (sulfide) groups is 1. The summed E-state index contributed by atoms with van der Waals surface area (Å²) in [5.74, 6) is -0.580. The molecule has 9 heteroatoms. The van der Waals surface area contributed by atoms with Crippen LogP contribution in [0, 0.1) is 11.6 Å². The smallest absolute Gasteiger partial charge is 0.244 e. The average Bonchev–Trinajstić information content (AvgIpc) is 3.21. The fraction of sp³-hybridized carbons (Fsp3) is 0.417. The first-order chi connectivity index (χ1) is 16.1. The predicted molar refractivity (Wildman–Crippen MR) is 122 cm³/mol. The fourth-order valence-electron chi connectivity index (χ4n) is 4.48. The van der Waals surface area contributed by atoms with E-state index in [0.29, 0.717) is 49.9 Å². The van der Waals surface area contributed by atoms with Crippen molar-refractivity contribution in [3.05, 3.63) is 65.2 Å². The third-order valence-electron chi connectivity index (χ3n) is 6.17. The topological polar surface area (TPSA) is 54.4 Å². The summed E-state index contributed by atoms with van der Waals surface area (Å²) in [6.45, 7) is 4.36. The number of fused-ring (bicyclic) bond motifs is 2. The first-order valence-corrected chi connectivity index (χ1v) is 12.0. The molecule has 0 bridgehead atoms. The first kappa shape index (κ1) is 22.3. The Morgan fingerprint density at radius 3 is 2.79 bits per heavy atom. The average molecular weight is 474 g/mol. The Kier molecular flexibility index (Phi) is 6.36. The van der Waals surface area contributed by atoms with Crippen LogP contribution in [0.3, 0.4) is 0 Å². The molecule has 0 aliphatic carbocycles. The number of amides is 1. The molecule has 3 heterocycles. The van der Waals surface area contributed by atoms with E-state index in [9.17, 15) is 13.6 Å². The van der Waals surface area contributed by atoms with Crippen molar-refractivity contribution >= 4 is 22.7 Å². The summed E-state index contributed by atoms with van der Waals surface area (Å²) in [4.78, 5) is 14.9. The number of hydrazone groups is 1. The zero-order chi connectivity index (χ0) is 22.8. The number of nitrogens with zero attached hydrogens (tertiary/aromatic N) is 3. The summed E-state index contributed by atoms with van der Waals surface area (Å²) in [6, 6.07) is 10.8. The van der Waals surface area contributed by atoms with Crippen LogP contribution in [0.5, 0.6) is 5.75 Å². The molecular formula is C24H25F2N3O3S. The molecule has 0 saturated carbocycles. The normalized spacial score (nSPS) is 22.7. The Balaban J connectivity index is 1.44. The molecule has 0 aromatic heterocycles. The minimum absolute atomic E-state index is 0.0620. The minimum atomic E-state index is -0.848. The number of ether oxygens (including phenoxy) is 2. The number of benzene rings is 2. The van der Waals surface area contributed by atoms with Crippen molar-refractivity contribution in [1.82, 2.24) is 9.91 Å². The van der Waals surface area contributed by atoms with Crippen LogP contribution in [0.25, 0.3) is 0 Å². The van der Waals surface area contributed by atoms with E-state index in [1.165, 1.54) is 16.8 Å². The van der Waals surface area contributed by atoms with Gasteiger partial charge in [-0.2, -0.15) is 5.10 Å². The van der Waals surface area contributed by atoms with E-state index in [0.717, 1.165) is 43.4 Å². The molecule has 2 aromatic carbocycles. The lowest BCUT2D eigenvalue weighted by Crippen LogP contribution is -2.45. The highest BCUT2D eigenvalue weighted by atomic mass is 32.2. The van der Waals surface area contributed by atoms with Crippen molar-refractivity contribution in [2.24, 2.45) is 5.10 Å². The van der Waals surface area contributed by atoms with Crippen LogP contribution in [-0.4, -0.2) is 60.3 Å². The molecule has 1 spiro atoms. The zero-order valence-electron chi connectivity index (χ0n) is 18.1. The van der Waals surface area contributed by atoms with Gasteiger partial charge in [0.2, 0.25) is 5.91 Å². The molecule has 1 saturated heterocycles. The molecule has 3 aliphatic rings. The van der Waals surface area contributed by atoms with E-state index < -0.39 is 16.5 Å². The third kappa shape index (κ3) is 4.37. The van der Waals surface area contributed by atoms with Gasteiger partial charge in [0, 0.05) is 37.1 Å². The molecule has 1 amide bonds. The molecule has 2 aromatic rings. The first-order valence-electron chi connectivity index (χ1n) is 11.2. The lowest BCUT2D eigenvalue weighted by atomic mass is 9.98. The maximum Gasteiger partial charge on any atom is 0.244 e. The maximum absolute atomic E-state index is 14.6. The second kappa shape index (κ2) is 9.40. The van der Waals surface area contributed by atoms with Gasteiger partial charge in [-0.15, -0.1) is 0 Å². The van der Waals surface area contributed by atoms with Gasteiger partial charge in [0.05, 0.1) is 19.8 Å². The molecule has 0 radical (unpaired) electrons. The number of rotatable bonds is 5. The van der Waals surface area contributed by atoms with E-state index in [2.05, 4.69) is 10.0 Å². The molecule has 1 unspecified atom stereocenters. The Bertz CT molecular complexity index is 1080. The van der Waals surface area contributed by atoms with E-state index in [-0.39, 0.29) is 11.5 Å². The van der Waals surface area contributed by atoms with Crippen molar-refractivity contribution in [1.29, 1.82) is 0 Å². The van der Waals surface area contributed by atoms with Gasteiger partial charge in [-0.1, -0.05) is 30.0 Å². The van der Waals surface area contributed by atoms with Crippen LogP contribution in [0.15, 0.2) is 47.6 Å². The van der Waals surface area contributed by atoms with Crippen molar-refractivity contribution in [2.75, 3.05) is 39.5 Å². The van der Waals surface area contributed by atoms with Crippen LogP contribution in [0.1, 0.15) is 30.4 Å². The Labute approximate surface area is 195 Å². The van der Waals surface area contributed by atoms with Crippen molar-refractivity contribution < 1.29 is 23.0 Å². The predicted octanol–water partition coefficient (Wildman–Crippen LogP) is 3.95. The summed E-state index contributed by atoms with van der Waals surface area (Å²) in [5.41, 5.74) is 0.880. The summed E-state index contributed by atoms with van der Waals surface area (Å²) in [5, 5.41) is 6.35. The number of morpholine rings is 1. The molecule has 174 valence electrons. The van der Waals surface area contributed by atoms with E-state index in [1.807, 2.05) is 24.3 Å². The third-order valence-corrected chi connectivity index (χ3v) is 7.60. The molecule has 0 N–H and O–H groups in total. The highest BCUT2D eigenvalue weighted by molar-refractivity contribution is 8.15. The lowest BCUT2D eigenvalue weighted by Gasteiger charge is -2.39. The van der Waals surface area contributed by atoms with E-state index >= 15 is 0 Å². The largest absolute Gasteiger partial charge is 0.493 e. The number of halogens is 2. The molecule has 5 rings (SSSR count). The van der Waals surface area contributed by atoms with Gasteiger partial charge in [-0.3, -0.25) is 9.69 Å². The number of hydrogen-bond acceptors (Lipinski definition) is 6. The van der Waals surface area contributed by atoms with Crippen LogP contribution >= 0.6 is 11.8 Å². The number of para-hydroxylation sites is 1. The number of carbonyl (C=O) groups is 1. The summed E-state index contributed by atoms with van der Waals surface area (Å²) >= 11 is 1.29. The standard InChI is InChI=1S/C24H25F2N3O3S/c25-17-7-8-20(26)18(16-17)23-27-29(22(30)6-3-10-28-11-14-31-15-12-28)24(33-23)9-13-32-21-5-2-1-4-19(21)24/h1-2,4-5,7-8,16H,3,6,9-15H2. The Hall–Kier alpha value is -2.49. The van der Waals surface area contributed by atoms with Crippen LogP contribution in [0.2, 0.25) is 0 Å². The number of carbonyl (C=O) groups excluding carboxylic acids is 1. The van der Waals surface area contributed by atoms with E-state index in [4.69, 9.17) is 9.47 Å². The van der Waals surface area contributed by atoms with Gasteiger partial charge in [-0.25, -0.2) is 13.8 Å². The van der Waals surface area contributed by atoms with Gasteiger partial charge in [-0.05, 0) is 37.2 Å². The summed E-state index contributed by atoms with van der Waals surface area (Å²) < 4.78 is 39.7. The molecule has 1 fully saturated rings. The lowest BCUT2D eigenvalue weighted by molar-refractivity contribution is -0.135. The second-order valence-corrected chi connectivity index (χ2v) is 9.54. The highest BCUT2D eigenvalue weighted by Crippen LogP contribution is 2.54. The molecule has 6 nitrogen and oxygen atoms in total. The zero-order valence-corrected chi connectivity index (χ0v) is 19.0. The van der Waals surface area contributed by atoms with Crippen molar-refractivity contribution in [3.8, 4) is 5.75 Å². The number of hydrogen-bond donors (Lipinski definition) is 0. The van der Waals surface area contributed by atoms with Gasteiger partial charge >= 0.3 is 0 Å². The molecule has 3 aliphatic heterocycles. The van der Waals surface area contributed by atoms with Crippen molar-refractivity contribution in [3.63, 3.8) is 0 Å². The van der Waals surface area contributed by atoms with E-state index in [1.54, 1.807) is 0 Å².